The van der Waals surface area contributed by atoms with Crippen LogP contribution >= 0.6 is 22.7 Å². The van der Waals surface area contributed by atoms with Gasteiger partial charge in [-0.25, -0.2) is 4.79 Å². The maximum atomic E-state index is 12.5. The molecule has 0 fully saturated rings. The Hall–Kier alpha value is -1.66. The molecule has 1 amide bonds. The van der Waals surface area contributed by atoms with E-state index in [4.69, 9.17) is 5.11 Å². The van der Waals surface area contributed by atoms with E-state index in [9.17, 15) is 9.59 Å². The van der Waals surface area contributed by atoms with E-state index < -0.39 is 5.97 Å². The minimum atomic E-state index is -0.948. The van der Waals surface area contributed by atoms with Crippen molar-refractivity contribution in [2.24, 2.45) is 0 Å². The zero-order chi connectivity index (χ0) is 15.0. The second-order valence-corrected chi connectivity index (χ2v) is 7.21. The summed E-state index contributed by atoms with van der Waals surface area (Å²) in [7, 11) is 0. The highest BCUT2D eigenvalue weighted by molar-refractivity contribution is 7.18. The summed E-state index contributed by atoms with van der Waals surface area (Å²) in [6.45, 7) is 1.74. The van der Waals surface area contributed by atoms with Crippen LogP contribution in [0.25, 0.3) is 0 Å². The molecule has 0 saturated carbocycles. The molecule has 21 heavy (non-hydrogen) atoms. The standard InChI is InChI=1S/C15H15NO3S2/c1-8-7-12(21-13(8)15(18)19)16-14(17)10-3-2-4-11-9(10)5-6-20-11/h5-7,10H,2-4H2,1H3,(H,16,17)(H,18,19). The number of carboxylic acids is 1. The molecular weight excluding hydrogens is 306 g/mol. The summed E-state index contributed by atoms with van der Waals surface area (Å²) < 4.78 is 0. The van der Waals surface area contributed by atoms with Gasteiger partial charge in [-0.2, -0.15) is 0 Å². The van der Waals surface area contributed by atoms with Crippen LogP contribution in [0.15, 0.2) is 17.5 Å². The van der Waals surface area contributed by atoms with Crippen LogP contribution in [0.5, 0.6) is 0 Å². The SMILES string of the molecule is Cc1cc(NC(=O)C2CCCc3sccc32)sc1C(=O)O. The number of anilines is 1. The molecule has 0 spiro atoms. The van der Waals surface area contributed by atoms with E-state index in [1.165, 1.54) is 4.88 Å². The lowest BCUT2D eigenvalue weighted by atomic mass is 9.87. The second-order valence-electron chi connectivity index (χ2n) is 5.16. The molecular formula is C15H15NO3S2. The van der Waals surface area contributed by atoms with Crippen LogP contribution in [0.3, 0.4) is 0 Å². The molecule has 0 radical (unpaired) electrons. The van der Waals surface area contributed by atoms with Crippen molar-refractivity contribution in [1.82, 2.24) is 0 Å². The number of hydrogen-bond donors (Lipinski definition) is 2. The molecule has 0 bridgehead atoms. The first-order chi connectivity index (χ1) is 10.1. The summed E-state index contributed by atoms with van der Waals surface area (Å²) in [5.41, 5.74) is 1.82. The lowest BCUT2D eigenvalue weighted by molar-refractivity contribution is -0.117. The average Bonchev–Trinajstić information content (AvgIpc) is 3.04. The van der Waals surface area contributed by atoms with Gasteiger partial charge < -0.3 is 10.4 Å². The van der Waals surface area contributed by atoms with Gasteiger partial charge in [-0.15, -0.1) is 22.7 Å². The third kappa shape index (κ3) is 2.73. The number of nitrogens with one attached hydrogen (secondary N) is 1. The van der Waals surface area contributed by atoms with E-state index >= 15 is 0 Å². The third-order valence-electron chi connectivity index (χ3n) is 3.73. The summed E-state index contributed by atoms with van der Waals surface area (Å²) in [5, 5.41) is 14.6. The first kappa shape index (κ1) is 14.3. The predicted molar refractivity (Wildman–Crippen MR) is 84.6 cm³/mol. The highest BCUT2D eigenvalue weighted by Crippen LogP contribution is 2.36. The molecule has 1 unspecified atom stereocenters. The van der Waals surface area contributed by atoms with E-state index in [1.807, 2.05) is 11.4 Å². The van der Waals surface area contributed by atoms with Gasteiger partial charge in [0.05, 0.1) is 10.9 Å². The Bertz CT molecular complexity index is 702. The summed E-state index contributed by atoms with van der Waals surface area (Å²) in [6.07, 6.45) is 2.93. The summed E-state index contributed by atoms with van der Waals surface area (Å²) >= 11 is 2.82. The monoisotopic (exact) mass is 321 g/mol. The zero-order valence-corrected chi connectivity index (χ0v) is 13.1. The van der Waals surface area contributed by atoms with Crippen molar-refractivity contribution in [3.05, 3.63) is 38.4 Å². The number of rotatable bonds is 3. The molecule has 2 aromatic rings. The molecule has 2 N–H and O–H groups in total. The fourth-order valence-corrected chi connectivity index (χ4v) is 4.63. The van der Waals surface area contributed by atoms with Crippen LogP contribution < -0.4 is 5.32 Å². The van der Waals surface area contributed by atoms with Crippen molar-refractivity contribution >= 4 is 39.6 Å². The number of hydrogen-bond acceptors (Lipinski definition) is 4. The molecule has 3 rings (SSSR count). The van der Waals surface area contributed by atoms with Crippen molar-refractivity contribution in [2.75, 3.05) is 5.32 Å². The lowest BCUT2D eigenvalue weighted by Gasteiger charge is -2.21. The van der Waals surface area contributed by atoms with Gasteiger partial charge in [-0.3, -0.25) is 4.79 Å². The Kier molecular flexibility index (Phi) is 3.82. The quantitative estimate of drug-likeness (QED) is 0.901. The third-order valence-corrected chi connectivity index (χ3v) is 5.86. The van der Waals surface area contributed by atoms with Gasteiger partial charge in [0.2, 0.25) is 5.91 Å². The van der Waals surface area contributed by atoms with Gasteiger partial charge in [0.15, 0.2) is 0 Å². The molecule has 0 aliphatic heterocycles. The topological polar surface area (TPSA) is 66.4 Å². The van der Waals surface area contributed by atoms with Gasteiger partial charge in [0, 0.05) is 4.88 Å². The van der Waals surface area contributed by atoms with Crippen molar-refractivity contribution in [3.8, 4) is 0 Å². The predicted octanol–water partition coefficient (Wildman–Crippen LogP) is 3.87. The van der Waals surface area contributed by atoms with Gasteiger partial charge in [0.1, 0.15) is 4.88 Å². The molecule has 110 valence electrons. The van der Waals surface area contributed by atoms with Gasteiger partial charge in [-0.1, -0.05) is 0 Å². The Balaban J connectivity index is 1.79. The second kappa shape index (κ2) is 5.61. The Labute approximate surface area is 130 Å². The number of aryl methyl sites for hydroxylation is 2. The number of amides is 1. The molecule has 4 nitrogen and oxygen atoms in total. The fourth-order valence-electron chi connectivity index (χ4n) is 2.72. The van der Waals surface area contributed by atoms with Crippen molar-refractivity contribution in [1.29, 1.82) is 0 Å². The Morgan fingerprint density at radius 3 is 2.95 bits per heavy atom. The molecule has 1 aliphatic carbocycles. The van der Waals surface area contributed by atoms with Crippen LogP contribution in [0.4, 0.5) is 5.00 Å². The molecule has 6 heteroatoms. The van der Waals surface area contributed by atoms with E-state index in [2.05, 4.69) is 5.32 Å². The molecule has 2 heterocycles. The van der Waals surface area contributed by atoms with Gasteiger partial charge >= 0.3 is 5.97 Å². The van der Waals surface area contributed by atoms with Crippen molar-refractivity contribution in [3.63, 3.8) is 0 Å². The van der Waals surface area contributed by atoms with Gasteiger partial charge in [-0.05, 0) is 54.8 Å². The number of carbonyl (C=O) groups is 2. The van der Waals surface area contributed by atoms with E-state index in [-0.39, 0.29) is 16.7 Å². The molecule has 2 aromatic heterocycles. The maximum absolute atomic E-state index is 12.5. The summed E-state index contributed by atoms with van der Waals surface area (Å²) in [4.78, 5) is 25.1. The number of thiophene rings is 2. The maximum Gasteiger partial charge on any atom is 0.346 e. The van der Waals surface area contributed by atoms with E-state index in [0.29, 0.717) is 10.6 Å². The Morgan fingerprint density at radius 2 is 2.24 bits per heavy atom. The van der Waals surface area contributed by atoms with Crippen molar-refractivity contribution < 1.29 is 14.7 Å². The van der Waals surface area contributed by atoms with Crippen LogP contribution in [-0.2, 0) is 11.2 Å². The minimum Gasteiger partial charge on any atom is -0.477 e. The van der Waals surface area contributed by atoms with Crippen LogP contribution in [-0.4, -0.2) is 17.0 Å². The Morgan fingerprint density at radius 1 is 1.43 bits per heavy atom. The molecule has 0 saturated heterocycles. The average molecular weight is 321 g/mol. The van der Waals surface area contributed by atoms with E-state index in [1.54, 1.807) is 24.3 Å². The summed E-state index contributed by atoms with van der Waals surface area (Å²) in [5.74, 6) is -1.10. The molecule has 0 aromatic carbocycles. The first-order valence-corrected chi connectivity index (χ1v) is 8.46. The number of carbonyl (C=O) groups excluding carboxylic acids is 1. The van der Waals surface area contributed by atoms with E-state index in [0.717, 1.165) is 36.2 Å². The smallest absolute Gasteiger partial charge is 0.346 e. The number of fused-ring (bicyclic) bond motifs is 1. The van der Waals surface area contributed by atoms with Crippen LogP contribution in [0, 0.1) is 6.92 Å². The fraction of sp³-hybridized carbons (Fsp3) is 0.333. The van der Waals surface area contributed by atoms with Gasteiger partial charge in [0.25, 0.3) is 0 Å². The summed E-state index contributed by atoms with van der Waals surface area (Å²) in [6, 6.07) is 3.76. The normalized spacial score (nSPS) is 17.3. The largest absolute Gasteiger partial charge is 0.477 e. The molecule has 1 atom stereocenters. The highest BCUT2D eigenvalue weighted by atomic mass is 32.1. The molecule has 1 aliphatic rings. The zero-order valence-electron chi connectivity index (χ0n) is 11.5. The van der Waals surface area contributed by atoms with Crippen LogP contribution in [0.1, 0.15) is 44.4 Å². The lowest BCUT2D eigenvalue weighted by Crippen LogP contribution is -2.23. The highest BCUT2D eigenvalue weighted by Gasteiger charge is 2.27. The number of carboxylic acid groups (broad SMARTS) is 1. The first-order valence-electron chi connectivity index (χ1n) is 6.77. The number of aromatic carboxylic acids is 1. The van der Waals surface area contributed by atoms with Crippen LogP contribution in [0.2, 0.25) is 0 Å². The minimum absolute atomic E-state index is 0.0347. The van der Waals surface area contributed by atoms with Crippen molar-refractivity contribution in [2.45, 2.75) is 32.1 Å².